The Balaban J connectivity index is 1.16. The standard InChI is InChI=1S/C32H44N2O7/c1-18(35)40-26-25(19-7-8-24(36)39-17-19)30(3)13-10-21-22(32(30)27(26)41-32)11-14-31(38)16-20(9-12-29(21,31)2)33-28(37)23-6-5-15-34(23)4/h7-8,17,20-23,25-27,38H,5-6,9-16H2,1-4H3,(H,33,37)/t20-,21-,22+,23?,25-,26+,27+,29+,30+,31-,32+/m0/s1. The third-order valence-corrected chi connectivity index (χ3v) is 12.8. The van der Waals surface area contributed by atoms with Crippen LogP contribution in [0.2, 0.25) is 0 Å². The van der Waals surface area contributed by atoms with Gasteiger partial charge in [-0.25, -0.2) is 4.79 Å². The van der Waals surface area contributed by atoms with E-state index in [1.165, 1.54) is 19.3 Å². The number of likely N-dealkylation sites (N-methyl/N-ethyl adjacent to an activating group) is 1. The molecule has 1 unspecified atom stereocenters. The number of aliphatic hydroxyl groups is 1. The predicted molar refractivity (Wildman–Crippen MR) is 149 cm³/mol. The van der Waals surface area contributed by atoms with Crippen molar-refractivity contribution in [2.45, 2.75) is 120 Å². The lowest BCUT2D eigenvalue weighted by Gasteiger charge is -2.64. The summed E-state index contributed by atoms with van der Waals surface area (Å²) in [6.07, 6.45) is 8.43. The van der Waals surface area contributed by atoms with Crippen LogP contribution in [0.3, 0.4) is 0 Å². The highest BCUT2D eigenvalue weighted by Crippen LogP contribution is 2.78. The highest BCUT2D eigenvalue weighted by molar-refractivity contribution is 5.82. The molecular weight excluding hydrogens is 524 g/mol. The molecule has 11 atom stereocenters. The summed E-state index contributed by atoms with van der Waals surface area (Å²) in [5.41, 5.74) is -1.42. The number of ether oxygens (including phenoxy) is 2. The van der Waals surface area contributed by atoms with E-state index in [4.69, 9.17) is 13.9 Å². The van der Waals surface area contributed by atoms with Gasteiger partial charge >= 0.3 is 11.6 Å². The number of carbonyl (C=O) groups is 2. The maximum atomic E-state index is 13.1. The van der Waals surface area contributed by atoms with Crippen LogP contribution in [0.4, 0.5) is 0 Å². The van der Waals surface area contributed by atoms with E-state index in [2.05, 4.69) is 24.1 Å². The number of rotatable bonds is 4. The van der Waals surface area contributed by atoms with Gasteiger partial charge in [-0.1, -0.05) is 13.8 Å². The molecule has 1 amide bonds. The molecule has 2 N–H and O–H groups in total. The second kappa shape index (κ2) is 9.13. The smallest absolute Gasteiger partial charge is 0.335 e. The zero-order chi connectivity index (χ0) is 28.9. The number of esters is 1. The maximum Gasteiger partial charge on any atom is 0.335 e. The van der Waals surface area contributed by atoms with Gasteiger partial charge in [-0.05, 0) is 100 Å². The van der Waals surface area contributed by atoms with E-state index >= 15 is 0 Å². The number of nitrogens with zero attached hydrogens (tertiary/aromatic N) is 1. The van der Waals surface area contributed by atoms with Crippen molar-refractivity contribution < 1.29 is 28.6 Å². The van der Waals surface area contributed by atoms with E-state index in [9.17, 15) is 19.5 Å². The molecule has 41 heavy (non-hydrogen) atoms. The van der Waals surface area contributed by atoms with Crippen LogP contribution in [-0.4, -0.2) is 71.0 Å². The van der Waals surface area contributed by atoms with Crippen molar-refractivity contribution in [2.24, 2.45) is 22.7 Å². The van der Waals surface area contributed by atoms with Crippen LogP contribution in [0.15, 0.2) is 27.6 Å². The first-order valence-electron chi connectivity index (χ1n) is 15.6. The second-order valence-corrected chi connectivity index (χ2v) is 14.5. The molecule has 6 fully saturated rings. The van der Waals surface area contributed by atoms with Crippen LogP contribution in [-0.2, 0) is 19.1 Å². The zero-order valence-corrected chi connectivity index (χ0v) is 24.7. The molecule has 0 radical (unpaired) electrons. The lowest BCUT2D eigenvalue weighted by molar-refractivity contribution is -0.214. The summed E-state index contributed by atoms with van der Waals surface area (Å²) in [4.78, 5) is 39.2. The summed E-state index contributed by atoms with van der Waals surface area (Å²) < 4.78 is 17.9. The fourth-order valence-corrected chi connectivity index (χ4v) is 10.8. The van der Waals surface area contributed by atoms with Crippen LogP contribution < -0.4 is 10.9 Å². The van der Waals surface area contributed by atoms with E-state index in [0.29, 0.717) is 12.8 Å². The number of carbonyl (C=O) groups excluding carboxylic acids is 2. The molecule has 7 rings (SSSR count). The third-order valence-electron chi connectivity index (χ3n) is 12.8. The van der Waals surface area contributed by atoms with Crippen molar-refractivity contribution in [1.29, 1.82) is 0 Å². The maximum absolute atomic E-state index is 13.1. The van der Waals surface area contributed by atoms with Gasteiger partial charge in [-0.15, -0.1) is 0 Å². The Morgan fingerprint density at radius 3 is 2.51 bits per heavy atom. The lowest BCUT2D eigenvalue weighted by Crippen LogP contribution is -2.66. The molecule has 1 aromatic heterocycles. The van der Waals surface area contributed by atoms with Crippen molar-refractivity contribution in [3.05, 3.63) is 34.4 Å². The monoisotopic (exact) mass is 568 g/mol. The fourth-order valence-electron chi connectivity index (χ4n) is 10.8. The molecule has 9 nitrogen and oxygen atoms in total. The van der Waals surface area contributed by atoms with Crippen molar-refractivity contribution in [3.63, 3.8) is 0 Å². The van der Waals surface area contributed by atoms with Gasteiger partial charge in [0.25, 0.3) is 0 Å². The van der Waals surface area contributed by atoms with E-state index in [1.54, 1.807) is 0 Å². The topological polar surface area (TPSA) is 122 Å². The molecule has 6 aliphatic rings. The molecule has 9 heteroatoms. The van der Waals surface area contributed by atoms with Crippen LogP contribution in [0, 0.1) is 22.7 Å². The second-order valence-electron chi connectivity index (χ2n) is 14.5. The Hall–Kier alpha value is -2.23. The number of likely N-dealkylation sites (tertiary alicyclic amines) is 1. The van der Waals surface area contributed by atoms with Gasteiger partial charge in [-0.2, -0.15) is 0 Å². The highest BCUT2D eigenvalue weighted by Gasteiger charge is 2.85. The number of hydrogen-bond acceptors (Lipinski definition) is 8. The number of amides is 1. The van der Waals surface area contributed by atoms with Crippen LogP contribution in [0.1, 0.15) is 90.0 Å². The Morgan fingerprint density at radius 2 is 1.83 bits per heavy atom. The molecule has 3 heterocycles. The first-order chi connectivity index (χ1) is 19.4. The molecule has 2 saturated heterocycles. The van der Waals surface area contributed by atoms with E-state index in [-0.39, 0.29) is 58.6 Å². The third kappa shape index (κ3) is 3.73. The van der Waals surface area contributed by atoms with Crippen molar-refractivity contribution in [3.8, 4) is 0 Å². The number of nitrogens with one attached hydrogen (secondary N) is 1. The highest BCUT2D eigenvalue weighted by atomic mass is 16.7. The summed E-state index contributed by atoms with van der Waals surface area (Å²) in [6, 6.07) is 3.17. The van der Waals surface area contributed by atoms with E-state index in [1.807, 2.05) is 13.1 Å². The average molecular weight is 569 g/mol. The van der Waals surface area contributed by atoms with Gasteiger partial charge in [0.15, 0.2) is 0 Å². The SMILES string of the molecule is CC(=O)O[C@H]1[C@H]2O[C@]23[C@@H]2CC[C@]4(O)C[C@@H](NC(=O)C5CCCN5C)CC[C@]4(C)[C@H]2CC[C@]3(C)[C@H]1c1ccc(=O)oc1. The molecule has 2 aliphatic heterocycles. The van der Waals surface area contributed by atoms with Crippen LogP contribution in [0.25, 0.3) is 0 Å². The Labute approximate surface area is 241 Å². The first-order valence-corrected chi connectivity index (χ1v) is 15.6. The quantitative estimate of drug-likeness (QED) is 0.420. The zero-order valence-electron chi connectivity index (χ0n) is 24.7. The van der Waals surface area contributed by atoms with Crippen LogP contribution in [0.5, 0.6) is 0 Å². The molecule has 4 saturated carbocycles. The number of hydrogen-bond donors (Lipinski definition) is 2. The Bertz CT molecular complexity index is 1290. The molecule has 1 aromatic rings. The summed E-state index contributed by atoms with van der Waals surface area (Å²) in [5.74, 6) is 0.123. The van der Waals surface area contributed by atoms with E-state index < -0.39 is 22.9 Å². The lowest BCUT2D eigenvalue weighted by atomic mass is 9.42. The normalized spacial score (nSPS) is 48.4. The van der Waals surface area contributed by atoms with E-state index in [0.717, 1.165) is 57.1 Å². The van der Waals surface area contributed by atoms with Crippen LogP contribution >= 0.6 is 0 Å². The molecular formula is C32H44N2O7. The minimum Gasteiger partial charge on any atom is -0.459 e. The summed E-state index contributed by atoms with van der Waals surface area (Å²) in [6.45, 7) is 6.92. The van der Waals surface area contributed by atoms with Gasteiger partial charge in [0.2, 0.25) is 5.91 Å². The number of epoxide rings is 1. The fraction of sp³-hybridized carbons (Fsp3) is 0.781. The van der Waals surface area contributed by atoms with Gasteiger partial charge in [-0.3, -0.25) is 14.5 Å². The van der Waals surface area contributed by atoms with Gasteiger partial charge < -0.3 is 24.3 Å². The van der Waals surface area contributed by atoms with Crippen molar-refractivity contribution in [1.82, 2.24) is 10.2 Å². The molecule has 1 spiro atoms. The predicted octanol–water partition coefficient (Wildman–Crippen LogP) is 3.13. The first kappa shape index (κ1) is 27.6. The van der Waals surface area contributed by atoms with Crippen molar-refractivity contribution >= 4 is 11.9 Å². The summed E-state index contributed by atoms with van der Waals surface area (Å²) in [7, 11) is 2.01. The molecule has 4 aliphatic carbocycles. The minimum atomic E-state index is -0.850. The van der Waals surface area contributed by atoms with Gasteiger partial charge in [0.1, 0.15) is 17.8 Å². The van der Waals surface area contributed by atoms with Gasteiger partial charge in [0.05, 0.1) is 17.9 Å². The minimum absolute atomic E-state index is 0.0139. The summed E-state index contributed by atoms with van der Waals surface area (Å²) >= 11 is 0. The average Bonchev–Trinajstić information content (AvgIpc) is 3.44. The van der Waals surface area contributed by atoms with Crippen molar-refractivity contribution in [2.75, 3.05) is 13.6 Å². The molecule has 0 aromatic carbocycles. The molecule has 224 valence electrons. The Kier molecular flexibility index (Phi) is 6.15. The molecule has 0 bridgehead atoms. The van der Waals surface area contributed by atoms with Gasteiger partial charge in [0, 0.05) is 30.4 Å². The Morgan fingerprint density at radius 1 is 1.07 bits per heavy atom. The number of fused-ring (bicyclic) bond motifs is 3. The largest absolute Gasteiger partial charge is 0.459 e. The summed E-state index contributed by atoms with van der Waals surface area (Å²) in [5, 5.41) is 15.6.